The van der Waals surface area contributed by atoms with Gasteiger partial charge < -0.3 is 10.0 Å². The van der Waals surface area contributed by atoms with Crippen LogP contribution in [0.15, 0.2) is 94.6 Å². The van der Waals surface area contributed by atoms with Crippen LogP contribution in [0.2, 0.25) is 0 Å². The molecule has 0 aliphatic rings. The third-order valence-electron chi connectivity index (χ3n) is 6.01. The Morgan fingerprint density at radius 2 is 1.51 bits per heavy atom. The third kappa shape index (κ3) is 4.52. The highest BCUT2D eigenvalue weighted by Gasteiger charge is 2.22. The van der Waals surface area contributed by atoms with E-state index in [0.29, 0.717) is 27.6 Å². The van der Waals surface area contributed by atoms with Gasteiger partial charge in [0.25, 0.3) is 11.5 Å². The van der Waals surface area contributed by atoms with Crippen molar-refractivity contribution in [3.8, 4) is 11.1 Å². The summed E-state index contributed by atoms with van der Waals surface area (Å²) in [4.78, 5) is 31.9. The van der Waals surface area contributed by atoms with Crippen LogP contribution < -0.4 is 15.6 Å². The van der Waals surface area contributed by atoms with Crippen molar-refractivity contribution >= 4 is 38.5 Å². The average molecular weight is 512 g/mol. The van der Waals surface area contributed by atoms with Crippen molar-refractivity contribution in [2.24, 2.45) is 0 Å². The summed E-state index contributed by atoms with van der Waals surface area (Å²) >= 11 is 0. The molecule has 9 heteroatoms. The number of hydrogen-bond acceptors (Lipinski definition) is 4. The molecule has 0 aliphatic heterocycles. The van der Waals surface area contributed by atoms with Crippen molar-refractivity contribution in [1.82, 2.24) is 14.6 Å². The maximum Gasteiger partial charge on any atom is 0.285 e. The molecule has 0 saturated carbocycles. The fourth-order valence-electron chi connectivity index (χ4n) is 4.24. The maximum atomic E-state index is 13.4. The Labute approximate surface area is 214 Å². The van der Waals surface area contributed by atoms with Crippen LogP contribution in [0.25, 0.3) is 16.8 Å². The Morgan fingerprint density at radius 3 is 2.19 bits per heavy atom. The molecule has 5 aromatic rings. The molecule has 0 aliphatic carbocycles. The summed E-state index contributed by atoms with van der Waals surface area (Å²) in [6, 6.07) is 25.3. The van der Waals surface area contributed by atoms with E-state index in [-0.39, 0.29) is 5.56 Å². The summed E-state index contributed by atoms with van der Waals surface area (Å²) in [5, 5.41) is 5.82. The summed E-state index contributed by atoms with van der Waals surface area (Å²) in [5.41, 5.74) is 3.38. The number of carbonyl (C=O) groups is 1. The van der Waals surface area contributed by atoms with Crippen molar-refractivity contribution in [3.05, 3.63) is 112 Å². The van der Waals surface area contributed by atoms with Gasteiger partial charge in [-0.25, -0.2) is 13.7 Å². The van der Waals surface area contributed by atoms with E-state index in [1.54, 1.807) is 55.5 Å². The van der Waals surface area contributed by atoms with Gasteiger partial charge in [0.2, 0.25) is 0 Å². The standard InChI is InChI=1S/C28H25N5O3S/c1-18-25(28(35)33-26(29-18)24(19(2)31-33)20-12-6-4-7-13-20)27(34)30-22-16-10-11-17-23(22)32-37(3,36)21-14-8-5-9-15-21/h4-17,31H,3H2,1-2H3,(H,30,34)(H,32,36). The number of nitrogens with one attached hydrogen (secondary N) is 3. The zero-order valence-corrected chi connectivity index (χ0v) is 21.1. The first-order valence-corrected chi connectivity index (χ1v) is 13.3. The molecule has 0 bridgehead atoms. The van der Waals surface area contributed by atoms with E-state index in [1.165, 1.54) is 4.52 Å². The van der Waals surface area contributed by atoms with Crippen LogP contribution in [0.1, 0.15) is 21.7 Å². The number of fused-ring (bicyclic) bond motifs is 1. The number of hydrogen-bond donors (Lipinski definition) is 3. The molecule has 0 saturated heterocycles. The number of aryl methyl sites for hydroxylation is 2. The van der Waals surface area contributed by atoms with Crippen LogP contribution in [0.3, 0.4) is 0 Å². The average Bonchev–Trinajstić information content (AvgIpc) is 3.22. The molecule has 2 heterocycles. The van der Waals surface area contributed by atoms with Crippen LogP contribution in [-0.2, 0) is 9.71 Å². The number of aromatic amines is 1. The van der Waals surface area contributed by atoms with E-state index in [9.17, 15) is 13.8 Å². The number of anilines is 2. The van der Waals surface area contributed by atoms with Gasteiger partial charge in [0.15, 0.2) is 5.65 Å². The van der Waals surface area contributed by atoms with Crippen molar-refractivity contribution in [3.63, 3.8) is 0 Å². The second kappa shape index (κ2) is 9.44. The number of aromatic nitrogens is 3. The molecule has 0 fully saturated rings. The first-order valence-electron chi connectivity index (χ1n) is 11.5. The molecule has 2 aromatic heterocycles. The van der Waals surface area contributed by atoms with Crippen molar-refractivity contribution in [2.45, 2.75) is 18.7 Å². The predicted molar refractivity (Wildman–Crippen MR) is 149 cm³/mol. The molecular weight excluding hydrogens is 486 g/mol. The molecular formula is C28H25N5O3S. The monoisotopic (exact) mass is 511 g/mol. The zero-order chi connectivity index (χ0) is 26.2. The Bertz CT molecular complexity index is 1790. The summed E-state index contributed by atoms with van der Waals surface area (Å²) in [6.45, 7) is 3.49. The number of para-hydroxylation sites is 2. The highest BCUT2D eigenvalue weighted by molar-refractivity contribution is 8.01. The van der Waals surface area contributed by atoms with Gasteiger partial charge in [0.05, 0.1) is 26.8 Å². The summed E-state index contributed by atoms with van der Waals surface area (Å²) in [7, 11) is -2.89. The molecule has 8 nitrogen and oxygen atoms in total. The number of nitrogens with zero attached hydrogens (tertiary/aromatic N) is 2. The molecule has 37 heavy (non-hydrogen) atoms. The Balaban J connectivity index is 1.51. The predicted octanol–water partition coefficient (Wildman–Crippen LogP) is 4.66. The maximum absolute atomic E-state index is 13.4. The molecule has 186 valence electrons. The number of carbonyl (C=O) groups excluding carboxylic acids is 1. The zero-order valence-electron chi connectivity index (χ0n) is 20.3. The lowest BCUT2D eigenvalue weighted by molar-refractivity contribution is 0.102. The molecule has 3 aromatic carbocycles. The molecule has 1 atom stereocenters. The van der Waals surface area contributed by atoms with Gasteiger partial charge in [-0.15, -0.1) is 0 Å². The van der Waals surface area contributed by atoms with Crippen LogP contribution in [0, 0.1) is 13.8 Å². The van der Waals surface area contributed by atoms with Crippen LogP contribution in [0.5, 0.6) is 0 Å². The topological polar surface area (TPSA) is 108 Å². The first kappa shape index (κ1) is 24.1. The normalized spacial score (nSPS) is 12.7. The lowest BCUT2D eigenvalue weighted by Crippen LogP contribution is -2.29. The van der Waals surface area contributed by atoms with Crippen molar-refractivity contribution < 1.29 is 9.00 Å². The number of benzene rings is 3. The highest BCUT2D eigenvalue weighted by Crippen LogP contribution is 2.28. The van der Waals surface area contributed by atoms with Crippen molar-refractivity contribution in [2.75, 3.05) is 10.0 Å². The minimum atomic E-state index is -2.89. The third-order valence-corrected chi connectivity index (χ3v) is 7.59. The van der Waals surface area contributed by atoms with Gasteiger partial charge in [-0.3, -0.25) is 14.7 Å². The Hall–Kier alpha value is -4.63. The van der Waals surface area contributed by atoms with Crippen LogP contribution in [0.4, 0.5) is 11.4 Å². The molecule has 0 radical (unpaired) electrons. The van der Waals surface area contributed by atoms with Gasteiger partial charge in [0, 0.05) is 16.2 Å². The minimum Gasteiger partial charge on any atom is -0.320 e. The Kier molecular flexibility index (Phi) is 6.14. The summed E-state index contributed by atoms with van der Waals surface area (Å²) in [6.07, 6.45) is 0. The fraction of sp³-hybridized carbons (Fsp3) is 0.0714. The van der Waals surface area contributed by atoms with Gasteiger partial charge in [-0.1, -0.05) is 60.7 Å². The molecule has 1 unspecified atom stereocenters. The van der Waals surface area contributed by atoms with E-state index in [0.717, 1.165) is 16.8 Å². The van der Waals surface area contributed by atoms with Gasteiger partial charge >= 0.3 is 0 Å². The van der Waals surface area contributed by atoms with E-state index < -0.39 is 21.2 Å². The summed E-state index contributed by atoms with van der Waals surface area (Å²) < 4.78 is 17.5. The second-order valence-electron chi connectivity index (χ2n) is 8.60. The van der Waals surface area contributed by atoms with Crippen LogP contribution in [-0.4, -0.2) is 30.6 Å². The quantitative estimate of drug-likeness (QED) is 0.288. The van der Waals surface area contributed by atoms with E-state index in [1.807, 2.05) is 43.3 Å². The van der Waals surface area contributed by atoms with Gasteiger partial charge in [-0.2, -0.15) is 0 Å². The molecule has 5 rings (SSSR count). The van der Waals surface area contributed by atoms with E-state index in [2.05, 4.69) is 26.0 Å². The van der Waals surface area contributed by atoms with E-state index in [4.69, 9.17) is 0 Å². The SMILES string of the molecule is C=S(=O)(Nc1ccccc1NC(=O)c1c(C)nc2c(-c3ccccc3)c(C)[nH]n2c1=O)c1ccccc1. The fourth-order valence-corrected chi connectivity index (χ4v) is 5.49. The van der Waals surface area contributed by atoms with Crippen LogP contribution >= 0.6 is 0 Å². The number of amides is 1. The Morgan fingerprint density at radius 1 is 0.919 bits per heavy atom. The molecule has 0 spiro atoms. The van der Waals surface area contributed by atoms with E-state index >= 15 is 0 Å². The smallest absolute Gasteiger partial charge is 0.285 e. The molecule has 3 N–H and O–H groups in total. The summed E-state index contributed by atoms with van der Waals surface area (Å²) in [5.74, 6) is 3.23. The lowest BCUT2D eigenvalue weighted by Gasteiger charge is -2.17. The first-order chi connectivity index (χ1) is 17.8. The van der Waals surface area contributed by atoms with Gasteiger partial charge in [0.1, 0.15) is 5.56 Å². The lowest BCUT2D eigenvalue weighted by atomic mass is 10.1. The minimum absolute atomic E-state index is 0.0911. The number of H-pyrrole nitrogens is 1. The highest BCUT2D eigenvalue weighted by atomic mass is 32.2. The van der Waals surface area contributed by atoms with Gasteiger partial charge in [-0.05, 0) is 49.5 Å². The largest absolute Gasteiger partial charge is 0.320 e. The molecule has 1 amide bonds. The number of rotatable bonds is 6. The second-order valence-corrected chi connectivity index (χ2v) is 10.6. The van der Waals surface area contributed by atoms with Crippen molar-refractivity contribution in [1.29, 1.82) is 0 Å².